The van der Waals surface area contributed by atoms with Crippen LogP contribution in [0.5, 0.6) is 0 Å². The van der Waals surface area contributed by atoms with Crippen molar-refractivity contribution in [3.8, 4) is 0 Å². The molecule has 0 saturated heterocycles. The molecule has 1 aromatic rings. The Bertz CT molecular complexity index is 385. The quantitative estimate of drug-likeness (QED) is 0.771. The van der Waals surface area contributed by atoms with Crippen molar-refractivity contribution in [2.75, 3.05) is 6.61 Å². The molecule has 0 aliphatic carbocycles. The molecule has 0 unspecified atom stereocenters. The Hall–Kier alpha value is -1.23. The fourth-order valence-corrected chi connectivity index (χ4v) is 1.31. The third kappa shape index (κ3) is 3.41. The average molecular weight is 250 g/mol. The fourth-order valence-electron chi connectivity index (χ4n) is 1.12. The SMILES string of the molecule is CCOC(=O)Cc1cc(C(F)F)c(Cl)cn1. The standard InChI is InChI=1S/C10H10ClF2NO2/c1-2-16-9(15)4-6-3-7(10(12)13)8(11)5-14-6/h3,5,10H,2,4H2,1H3. The molecule has 0 radical (unpaired) electrons. The highest BCUT2D eigenvalue weighted by Crippen LogP contribution is 2.26. The Morgan fingerprint density at radius 3 is 2.88 bits per heavy atom. The monoisotopic (exact) mass is 249 g/mol. The molecule has 0 atom stereocenters. The summed E-state index contributed by atoms with van der Waals surface area (Å²) >= 11 is 5.53. The largest absolute Gasteiger partial charge is 0.466 e. The number of hydrogen-bond donors (Lipinski definition) is 0. The van der Waals surface area contributed by atoms with Crippen molar-refractivity contribution in [1.82, 2.24) is 4.98 Å². The molecule has 3 nitrogen and oxygen atoms in total. The Kier molecular flexibility index (Phi) is 4.61. The summed E-state index contributed by atoms with van der Waals surface area (Å²) in [4.78, 5) is 14.9. The van der Waals surface area contributed by atoms with Crippen molar-refractivity contribution >= 4 is 17.6 Å². The van der Waals surface area contributed by atoms with Crippen LogP contribution in [0.3, 0.4) is 0 Å². The van der Waals surface area contributed by atoms with Crippen LogP contribution in [0.1, 0.15) is 24.6 Å². The van der Waals surface area contributed by atoms with E-state index in [-0.39, 0.29) is 29.3 Å². The third-order valence-corrected chi connectivity index (χ3v) is 2.12. The maximum absolute atomic E-state index is 12.5. The van der Waals surface area contributed by atoms with Crippen LogP contribution < -0.4 is 0 Å². The van der Waals surface area contributed by atoms with Crippen molar-refractivity contribution in [2.24, 2.45) is 0 Å². The number of nitrogens with zero attached hydrogens (tertiary/aromatic N) is 1. The lowest BCUT2D eigenvalue weighted by Gasteiger charge is -2.05. The van der Waals surface area contributed by atoms with E-state index >= 15 is 0 Å². The molecule has 88 valence electrons. The van der Waals surface area contributed by atoms with E-state index in [0.29, 0.717) is 0 Å². The molecular formula is C10H10ClF2NO2. The molecule has 16 heavy (non-hydrogen) atoms. The molecule has 1 rings (SSSR count). The first-order valence-corrected chi connectivity index (χ1v) is 5.00. The summed E-state index contributed by atoms with van der Waals surface area (Å²) in [6.45, 7) is 1.91. The first-order chi connectivity index (χ1) is 7.54. The van der Waals surface area contributed by atoms with E-state index in [1.165, 1.54) is 0 Å². The summed E-state index contributed by atoms with van der Waals surface area (Å²) in [5.74, 6) is -0.502. The van der Waals surface area contributed by atoms with Crippen molar-refractivity contribution in [2.45, 2.75) is 19.8 Å². The summed E-state index contributed by atoms with van der Waals surface area (Å²) in [5, 5.41) is -0.109. The zero-order valence-corrected chi connectivity index (χ0v) is 9.30. The predicted molar refractivity (Wildman–Crippen MR) is 54.5 cm³/mol. The highest BCUT2D eigenvalue weighted by Gasteiger charge is 2.14. The number of carbonyl (C=O) groups is 1. The molecule has 0 bridgehead atoms. The Balaban J connectivity index is 2.82. The van der Waals surface area contributed by atoms with Gasteiger partial charge in [0.1, 0.15) is 0 Å². The molecule has 1 heterocycles. The van der Waals surface area contributed by atoms with E-state index in [4.69, 9.17) is 11.6 Å². The van der Waals surface area contributed by atoms with E-state index in [1.807, 2.05) is 0 Å². The van der Waals surface area contributed by atoms with E-state index in [2.05, 4.69) is 9.72 Å². The van der Waals surface area contributed by atoms with Crippen LogP contribution in [0.2, 0.25) is 5.02 Å². The lowest BCUT2D eigenvalue weighted by Crippen LogP contribution is -2.09. The molecule has 0 N–H and O–H groups in total. The molecule has 0 spiro atoms. The summed E-state index contributed by atoms with van der Waals surface area (Å²) in [5.41, 5.74) is -0.103. The second kappa shape index (κ2) is 5.75. The van der Waals surface area contributed by atoms with Gasteiger partial charge in [0.2, 0.25) is 0 Å². The van der Waals surface area contributed by atoms with Crippen LogP contribution >= 0.6 is 11.6 Å². The minimum atomic E-state index is -2.68. The molecule has 6 heteroatoms. The number of halogens is 3. The van der Waals surface area contributed by atoms with E-state index < -0.39 is 12.4 Å². The number of rotatable bonds is 4. The zero-order chi connectivity index (χ0) is 12.1. The smallest absolute Gasteiger partial charge is 0.311 e. The van der Waals surface area contributed by atoms with E-state index in [9.17, 15) is 13.6 Å². The average Bonchev–Trinajstić information content (AvgIpc) is 2.21. The molecule has 0 aromatic carbocycles. The summed E-state index contributed by atoms with van der Waals surface area (Å²) in [6.07, 6.45) is -1.71. The molecule has 1 aromatic heterocycles. The number of hydrogen-bond acceptors (Lipinski definition) is 3. The topological polar surface area (TPSA) is 39.2 Å². The van der Waals surface area contributed by atoms with Gasteiger partial charge in [-0.05, 0) is 13.0 Å². The van der Waals surface area contributed by atoms with Crippen LogP contribution in [0.4, 0.5) is 8.78 Å². The molecule has 0 aliphatic heterocycles. The van der Waals surface area contributed by atoms with Crippen molar-refractivity contribution < 1.29 is 18.3 Å². The maximum Gasteiger partial charge on any atom is 0.311 e. The Morgan fingerprint density at radius 1 is 1.62 bits per heavy atom. The van der Waals surface area contributed by atoms with Crippen molar-refractivity contribution in [3.05, 3.63) is 28.5 Å². The van der Waals surface area contributed by atoms with Gasteiger partial charge in [-0.25, -0.2) is 8.78 Å². The molecule has 0 aliphatic rings. The second-order valence-corrected chi connectivity index (χ2v) is 3.39. The highest BCUT2D eigenvalue weighted by atomic mass is 35.5. The molecule has 0 fully saturated rings. The zero-order valence-electron chi connectivity index (χ0n) is 8.54. The number of esters is 1. The van der Waals surface area contributed by atoms with E-state index in [0.717, 1.165) is 12.3 Å². The molecule has 0 amide bonds. The normalized spacial score (nSPS) is 10.6. The van der Waals surface area contributed by atoms with Gasteiger partial charge in [0.15, 0.2) is 0 Å². The van der Waals surface area contributed by atoms with Gasteiger partial charge < -0.3 is 4.74 Å². The second-order valence-electron chi connectivity index (χ2n) is 2.98. The summed E-state index contributed by atoms with van der Waals surface area (Å²) < 4.78 is 29.6. The third-order valence-electron chi connectivity index (χ3n) is 1.81. The number of carbonyl (C=O) groups excluding carboxylic acids is 1. The van der Waals surface area contributed by atoms with Crippen LogP contribution in [-0.4, -0.2) is 17.6 Å². The van der Waals surface area contributed by atoms with Gasteiger partial charge in [0.05, 0.1) is 23.7 Å². The summed E-state index contributed by atoms with van der Waals surface area (Å²) in [7, 11) is 0. The Labute approximate surface area is 96.4 Å². The van der Waals surface area contributed by atoms with Crippen LogP contribution in [-0.2, 0) is 16.0 Å². The van der Waals surface area contributed by atoms with Gasteiger partial charge in [-0.2, -0.15) is 0 Å². The van der Waals surface area contributed by atoms with Gasteiger partial charge in [0.25, 0.3) is 6.43 Å². The molecule has 0 saturated carbocycles. The number of ether oxygens (including phenoxy) is 1. The van der Waals surface area contributed by atoms with Crippen LogP contribution in [0, 0.1) is 0 Å². The first-order valence-electron chi connectivity index (χ1n) is 4.62. The van der Waals surface area contributed by atoms with Crippen molar-refractivity contribution in [1.29, 1.82) is 0 Å². The fraction of sp³-hybridized carbons (Fsp3) is 0.400. The van der Waals surface area contributed by atoms with Gasteiger partial charge in [-0.3, -0.25) is 9.78 Å². The summed E-state index contributed by atoms with van der Waals surface area (Å²) in [6, 6.07) is 1.12. The number of pyridine rings is 1. The van der Waals surface area contributed by atoms with Crippen molar-refractivity contribution in [3.63, 3.8) is 0 Å². The maximum atomic E-state index is 12.5. The first kappa shape index (κ1) is 12.8. The number of aromatic nitrogens is 1. The predicted octanol–water partition coefficient (Wildman–Crippen LogP) is 2.78. The van der Waals surface area contributed by atoms with Gasteiger partial charge in [-0.15, -0.1) is 0 Å². The van der Waals surface area contributed by atoms with Gasteiger partial charge >= 0.3 is 5.97 Å². The van der Waals surface area contributed by atoms with Crippen LogP contribution in [0.25, 0.3) is 0 Å². The molecular weight excluding hydrogens is 240 g/mol. The minimum Gasteiger partial charge on any atom is -0.466 e. The highest BCUT2D eigenvalue weighted by molar-refractivity contribution is 6.31. The number of alkyl halides is 2. The lowest BCUT2D eigenvalue weighted by molar-refractivity contribution is -0.142. The minimum absolute atomic E-state index is 0.109. The van der Waals surface area contributed by atoms with E-state index in [1.54, 1.807) is 6.92 Å². The van der Waals surface area contributed by atoms with Crippen LogP contribution in [0.15, 0.2) is 12.3 Å². The van der Waals surface area contributed by atoms with Gasteiger partial charge in [0, 0.05) is 11.8 Å². The lowest BCUT2D eigenvalue weighted by atomic mass is 10.2. The van der Waals surface area contributed by atoms with Gasteiger partial charge in [-0.1, -0.05) is 11.6 Å². The Morgan fingerprint density at radius 2 is 2.31 bits per heavy atom.